The van der Waals surface area contributed by atoms with Gasteiger partial charge in [-0.15, -0.1) is 0 Å². The van der Waals surface area contributed by atoms with Crippen molar-refractivity contribution in [2.75, 3.05) is 19.6 Å². The van der Waals surface area contributed by atoms with Gasteiger partial charge in [0.25, 0.3) is 0 Å². The first-order valence-corrected chi connectivity index (χ1v) is 9.16. The van der Waals surface area contributed by atoms with E-state index in [9.17, 15) is 5.11 Å². The zero-order valence-corrected chi connectivity index (χ0v) is 15.9. The summed E-state index contributed by atoms with van der Waals surface area (Å²) in [5.74, 6) is 1.77. The second-order valence-corrected chi connectivity index (χ2v) is 6.12. The van der Waals surface area contributed by atoms with Gasteiger partial charge in [-0.2, -0.15) is 0 Å². The van der Waals surface area contributed by atoms with Gasteiger partial charge in [-0.05, 0) is 37.6 Å². The highest BCUT2D eigenvalue weighted by molar-refractivity contribution is 6.32. The molecule has 3 N–H and O–H groups in total. The molecule has 0 saturated heterocycles. The zero-order valence-electron chi connectivity index (χ0n) is 15.1. The maximum Gasteiger partial charge on any atom is 0.191 e. The fourth-order valence-electron chi connectivity index (χ4n) is 2.29. The Morgan fingerprint density at radius 1 is 1.23 bits per heavy atom. The first kappa shape index (κ1) is 20.1. The van der Waals surface area contributed by atoms with Crippen LogP contribution in [-0.2, 0) is 0 Å². The lowest BCUT2D eigenvalue weighted by Crippen LogP contribution is -2.42. The van der Waals surface area contributed by atoms with Crippen LogP contribution < -0.4 is 15.4 Å². The predicted octanol–water partition coefficient (Wildman–Crippen LogP) is 3.38. The van der Waals surface area contributed by atoms with Crippen molar-refractivity contribution in [2.45, 2.75) is 32.5 Å². The normalized spacial score (nSPS) is 13.9. The molecule has 142 valence electrons. The van der Waals surface area contributed by atoms with Crippen LogP contribution in [0.1, 0.15) is 32.1 Å². The van der Waals surface area contributed by atoms with Gasteiger partial charge in [0.1, 0.15) is 23.7 Å². The topological polar surface area (TPSA) is 79.0 Å². The third-order valence-electron chi connectivity index (χ3n) is 3.72. The lowest BCUT2D eigenvalue weighted by molar-refractivity contribution is 0.158. The molecule has 0 spiro atoms. The number of rotatable bonds is 9. The van der Waals surface area contributed by atoms with E-state index < -0.39 is 6.10 Å². The predicted molar refractivity (Wildman–Crippen MR) is 104 cm³/mol. The van der Waals surface area contributed by atoms with Crippen LogP contribution in [0.25, 0.3) is 0 Å². The van der Waals surface area contributed by atoms with E-state index in [-0.39, 0.29) is 12.6 Å². The van der Waals surface area contributed by atoms with Crippen molar-refractivity contribution in [1.29, 1.82) is 0 Å². The summed E-state index contributed by atoms with van der Waals surface area (Å²) < 4.78 is 11.2. The van der Waals surface area contributed by atoms with Crippen LogP contribution in [0.3, 0.4) is 0 Å². The highest BCUT2D eigenvalue weighted by Crippen LogP contribution is 2.24. The van der Waals surface area contributed by atoms with Gasteiger partial charge in [-0.3, -0.25) is 4.99 Å². The molecule has 2 rings (SSSR count). The molecule has 0 radical (unpaired) electrons. The van der Waals surface area contributed by atoms with E-state index in [0.29, 0.717) is 35.6 Å². The number of aliphatic hydroxyl groups excluding tert-OH is 1. The van der Waals surface area contributed by atoms with Crippen molar-refractivity contribution in [2.24, 2.45) is 4.99 Å². The molecule has 2 atom stereocenters. The molecule has 6 nitrogen and oxygen atoms in total. The first-order valence-electron chi connectivity index (χ1n) is 8.78. The molecule has 0 bridgehead atoms. The molecule has 0 aliphatic heterocycles. The fourth-order valence-corrected chi connectivity index (χ4v) is 2.47. The third-order valence-corrected chi connectivity index (χ3v) is 4.03. The molecule has 0 aliphatic rings. The number of ether oxygens (including phenoxy) is 1. The van der Waals surface area contributed by atoms with Crippen LogP contribution in [-0.4, -0.2) is 36.8 Å². The summed E-state index contributed by atoms with van der Waals surface area (Å²) >= 11 is 6.15. The SMILES string of the molecule is CCNC(=NCC(O)c1ccco1)NCC(CC)Oc1ccccc1Cl. The number of nitrogens with one attached hydrogen (secondary N) is 2. The van der Waals surface area contributed by atoms with Crippen LogP contribution in [0.5, 0.6) is 5.75 Å². The quantitative estimate of drug-likeness (QED) is 0.460. The van der Waals surface area contributed by atoms with Crippen LogP contribution in [0.15, 0.2) is 52.1 Å². The fraction of sp³-hybridized carbons (Fsp3) is 0.421. The third kappa shape index (κ3) is 6.28. The molecule has 1 aromatic carbocycles. The minimum Gasteiger partial charge on any atom is -0.487 e. The van der Waals surface area contributed by atoms with Crippen molar-refractivity contribution in [1.82, 2.24) is 10.6 Å². The van der Waals surface area contributed by atoms with Gasteiger partial charge in [-0.25, -0.2) is 0 Å². The smallest absolute Gasteiger partial charge is 0.191 e. The van der Waals surface area contributed by atoms with Crippen molar-refractivity contribution in [3.05, 3.63) is 53.4 Å². The highest BCUT2D eigenvalue weighted by atomic mass is 35.5. The number of hydrogen-bond acceptors (Lipinski definition) is 4. The molecule has 0 saturated carbocycles. The number of furan rings is 1. The molecule has 0 aliphatic carbocycles. The van der Waals surface area contributed by atoms with E-state index in [1.54, 1.807) is 18.2 Å². The van der Waals surface area contributed by atoms with Gasteiger partial charge in [0.2, 0.25) is 0 Å². The Bertz CT molecular complexity index is 676. The Kier molecular flexibility index (Phi) is 8.31. The lowest BCUT2D eigenvalue weighted by Gasteiger charge is -2.20. The summed E-state index contributed by atoms with van der Waals surface area (Å²) in [6.07, 6.45) is 1.51. The van der Waals surface area contributed by atoms with Crippen LogP contribution in [0, 0.1) is 0 Å². The molecular formula is C19H26ClN3O3. The maximum atomic E-state index is 10.1. The standard InChI is InChI=1S/C19H26ClN3O3/c1-3-14(26-17-9-6-5-8-15(17)20)12-22-19(21-4-2)23-13-16(24)18-10-7-11-25-18/h5-11,14,16,24H,3-4,12-13H2,1-2H3,(H2,21,22,23). The van der Waals surface area contributed by atoms with Crippen molar-refractivity contribution in [3.63, 3.8) is 0 Å². The first-order chi connectivity index (χ1) is 12.6. The molecule has 2 unspecified atom stereocenters. The summed E-state index contributed by atoms with van der Waals surface area (Å²) in [4.78, 5) is 4.40. The van der Waals surface area contributed by atoms with Crippen LogP contribution in [0.4, 0.5) is 0 Å². The number of benzene rings is 1. The molecule has 0 amide bonds. The second kappa shape index (κ2) is 10.7. The minimum absolute atomic E-state index is 0.0613. The van der Waals surface area contributed by atoms with Gasteiger partial charge in [-0.1, -0.05) is 30.7 Å². The molecule has 0 fully saturated rings. The van der Waals surface area contributed by atoms with Gasteiger partial charge >= 0.3 is 0 Å². The van der Waals surface area contributed by atoms with Gasteiger partial charge in [0, 0.05) is 6.54 Å². The number of halogens is 1. The number of aliphatic imine (C=N–C) groups is 1. The number of hydrogen-bond donors (Lipinski definition) is 3. The van der Waals surface area contributed by atoms with Crippen molar-refractivity contribution >= 4 is 17.6 Å². The Morgan fingerprint density at radius 3 is 2.69 bits per heavy atom. The Labute approximate surface area is 159 Å². The van der Waals surface area contributed by atoms with E-state index in [0.717, 1.165) is 6.42 Å². The summed E-state index contributed by atoms with van der Waals surface area (Å²) in [7, 11) is 0. The van der Waals surface area contributed by atoms with Crippen molar-refractivity contribution in [3.8, 4) is 5.75 Å². The number of nitrogens with zero attached hydrogens (tertiary/aromatic N) is 1. The second-order valence-electron chi connectivity index (χ2n) is 5.71. The largest absolute Gasteiger partial charge is 0.487 e. The molecular weight excluding hydrogens is 354 g/mol. The Hall–Kier alpha value is -2.18. The van der Waals surface area contributed by atoms with Gasteiger partial charge < -0.3 is 24.9 Å². The minimum atomic E-state index is -0.776. The Balaban J connectivity index is 1.91. The number of guanidine groups is 1. The zero-order chi connectivity index (χ0) is 18.8. The lowest BCUT2D eigenvalue weighted by atomic mass is 10.2. The number of aliphatic hydroxyl groups is 1. The van der Waals surface area contributed by atoms with E-state index in [1.165, 1.54) is 6.26 Å². The summed E-state index contributed by atoms with van der Waals surface area (Å²) in [5, 5.41) is 17.1. The molecule has 1 aromatic heterocycles. The van der Waals surface area contributed by atoms with E-state index in [2.05, 4.69) is 15.6 Å². The van der Waals surface area contributed by atoms with Crippen molar-refractivity contribution < 1.29 is 14.3 Å². The van der Waals surface area contributed by atoms with E-state index in [4.69, 9.17) is 20.8 Å². The monoisotopic (exact) mass is 379 g/mol. The summed E-state index contributed by atoms with van der Waals surface area (Å²) in [6, 6.07) is 10.9. The van der Waals surface area contributed by atoms with Gasteiger partial charge in [0.15, 0.2) is 5.96 Å². The molecule has 1 heterocycles. The number of para-hydroxylation sites is 1. The highest BCUT2D eigenvalue weighted by Gasteiger charge is 2.13. The van der Waals surface area contributed by atoms with Crippen LogP contribution in [0.2, 0.25) is 5.02 Å². The van der Waals surface area contributed by atoms with Crippen LogP contribution >= 0.6 is 11.6 Å². The average Bonchev–Trinajstić information content (AvgIpc) is 3.19. The molecule has 26 heavy (non-hydrogen) atoms. The molecule has 7 heteroatoms. The summed E-state index contributed by atoms with van der Waals surface area (Å²) in [6.45, 7) is 5.51. The average molecular weight is 380 g/mol. The van der Waals surface area contributed by atoms with E-state index >= 15 is 0 Å². The molecule has 2 aromatic rings. The maximum absolute atomic E-state index is 10.1. The van der Waals surface area contributed by atoms with E-state index in [1.807, 2.05) is 32.0 Å². The Morgan fingerprint density at radius 2 is 2.04 bits per heavy atom. The van der Waals surface area contributed by atoms with Gasteiger partial charge in [0.05, 0.1) is 24.4 Å². The summed E-state index contributed by atoms with van der Waals surface area (Å²) in [5.41, 5.74) is 0.